The zero-order chi connectivity index (χ0) is 15.8. The molecule has 0 spiro atoms. The van der Waals surface area contributed by atoms with Crippen molar-refractivity contribution in [3.63, 3.8) is 0 Å². The molecule has 0 bridgehead atoms. The highest BCUT2D eigenvalue weighted by atomic mass is 16.1. The average molecular weight is 302 g/mol. The number of carbonyl (C=O) groups excluding carboxylic acids is 1. The van der Waals surface area contributed by atoms with E-state index in [-0.39, 0.29) is 0 Å². The highest BCUT2D eigenvalue weighted by Gasteiger charge is 2.10. The van der Waals surface area contributed by atoms with Gasteiger partial charge in [-0.15, -0.1) is 0 Å². The molecule has 4 aromatic rings. The minimum absolute atomic E-state index is 0.446. The lowest BCUT2D eigenvalue weighted by atomic mass is 10.2. The predicted molar refractivity (Wildman–Crippen MR) is 90.9 cm³/mol. The lowest BCUT2D eigenvalue weighted by Gasteiger charge is -2.11. The number of anilines is 2. The molecule has 23 heavy (non-hydrogen) atoms. The molecule has 0 aliphatic carbocycles. The Morgan fingerprint density at radius 3 is 2.61 bits per heavy atom. The van der Waals surface area contributed by atoms with Gasteiger partial charge in [-0.25, -0.2) is 4.98 Å². The second-order valence-corrected chi connectivity index (χ2v) is 5.28. The molecule has 4 rings (SSSR count). The first kappa shape index (κ1) is 13.3. The molecule has 0 fully saturated rings. The Morgan fingerprint density at radius 1 is 1.00 bits per heavy atom. The van der Waals surface area contributed by atoms with E-state index in [2.05, 4.69) is 10.3 Å². The summed E-state index contributed by atoms with van der Waals surface area (Å²) in [6, 6.07) is 19.1. The zero-order valence-electron chi connectivity index (χ0n) is 12.2. The first-order valence-corrected chi connectivity index (χ1v) is 7.25. The van der Waals surface area contributed by atoms with Crippen LogP contribution in [0.4, 0.5) is 11.5 Å². The molecule has 0 atom stereocenters. The fourth-order valence-electron chi connectivity index (χ4n) is 2.68. The molecule has 2 heterocycles. The number of rotatable bonds is 3. The Kier molecular flexibility index (Phi) is 2.98. The molecule has 0 unspecified atom stereocenters. The lowest BCUT2D eigenvalue weighted by molar-refractivity contribution is 0.100. The van der Waals surface area contributed by atoms with Gasteiger partial charge in [0.05, 0.1) is 16.6 Å². The van der Waals surface area contributed by atoms with Gasteiger partial charge in [-0.05, 0) is 42.5 Å². The maximum atomic E-state index is 11.4. The molecule has 1 amide bonds. The van der Waals surface area contributed by atoms with Crippen molar-refractivity contribution in [2.45, 2.75) is 0 Å². The van der Waals surface area contributed by atoms with Crippen LogP contribution in [0.15, 0.2) is 66.9 Å². The van der Waals surface area contributed by atoms with Crippen molar-refractivity contribution >= 4 is 34.0 Å². The number of nitrogens with one attached hydrogen (secondary N) is 1. The largest absolute Gasteiger partial charge is 0.366 e. The van der Waals surface area contributed by atoms with Crippen molar-refractivity contribution in [2.75, 3.05) is 5.32 Å². The van der Waals surface area contributed by atoms with Crippen LogP contribution in [0.5, 0.6) is 0 Å². The molecule has 0 saturated carbocycles. The van der Waals surface area contributed by atoms with Crippen molar-refractivity contribution in [2.24, 2.45) is 5.73 Å². The Labute approximate surface area is 132 Å². The summed E-state index contributed by atoms with van der Waals surface area (Å²) in [5.41, 5.74) is 9.37. The second kappa shape index (κ2) is 5.14. The van der Waals surface area contributed by atoms with Gasteiger partial charge in [0.15, 0.2) is 5.82 Å². The minimum Gasteiger partial charge on any atom is -0.366 e. The number of benzene rings is 2. The summed E-state index contributed by atoms with van der Waals surface area (Å²) in [7, 11) is 0. The Morgan fingerprint density at radius 2 is 1.83 bits per heavy atom. The molecule has 0 saturated heterocycles. The number of primary amides is 1. The third kappa shape index (κ3) is 2.28. The van der Waals surface area contributed by atoms with Gasteiger partial charge in [0.2, 0.25) is 5.91 Å². The van der Waals surface area contributed by atoms with E-state index in [1.807, 2.05) is 59.1 Å². The Hall–Kier alpha value is -3.34. The highest BCUT2D eigenvalue weighted by Crippen LogP contribution is 2.25. The summed E-state index contributed by atoms with van der Waals surface area (Å²) >= 11 is 0. The van der Waals surface area contributed by atoms with Crippen LogP contribution in [0.25, 0.3) is 16.6 Å². The standard InChI is InChI=1S/C18H14N4O/c19-17(23)12-8-9-15-14(11-12)21-18(16-7-4-10-22(15)16)20-13-5-2-1-3-6-13/h1-11H,(H2,19,23)(H,20,21). The fourth-order valence-corrected chi connectivity index (χ4v) is 2.68. The SMILES string of the molecule is NC(=O)c1ccc2c(c1)nc(Nc1ccccc1)c1cccn12. The van der Waals surface area contributed by atoms with Crippen molar-refractivity contribution in [1.82, 2.24) is 9.38 Å². The van der Waals surface area contributed by atoms with Gasteiger partial charge in [-0.2, -0.15) is 0 Å². The summed E-state index contributed by atoms with van der Waals surface area (Å²) in [6.07, 6.45) is 1.97. The van der Waals surface area contributed by atoms with Gasteiger partial charge in [-0.1, -0.05) is 18.2 Å². The van der Waals surface area contributed by atoms with Gasteiger partial charge in [0, 0.05) is 17.4 Å². The summed E-state index contributed by atoms with van der Waals surface area (Å²) in [5.74, 6) is 0.272. The van der Waals surface area contributed by atoms with Crippen LogP contribution in [0.3, 0.4) is 0 Å². The van der Waals surface area contributed by atoms with Gasteiger partial charge >= 0.3 is 0 Å². The van der Waals surface area contributed by atoms with Gasteiger partial charge in [0.1, 0.15) is 0 Å². The molecule has 2 aromatic carbocycles. The van der Waals surface area contributed by atoms with Crippen LogP contribution < -0.4 is 11.1 Å². The topological polar surface area (TPSA) is 72.4 Å². The molecule has 0 aliphatic heterocycles. The van der Waals surface area contributed by atoms with E-state index in [1.165, 1.54) is 0 Å². The molecule has 5 heteroatoms. The molecule has 0 radical (unpaired) electrons. The van der Waals surface area contributed by atoms with Crippen LogP contribution in [-0.2, 0) is 0 Å². The smallest absolute Gasteiger partial charge is 0.248 e. The quantitative estimate of drug-likeness (QED) is 0.609. The van der Waals surface area contributed by atoms with E-state index < -0.39 is 5.91 Å². The Bertz CT molecular complexity index is 1020. The van der Waals surface area contributed by atoms with E-state index in [0.29, 0.717) is 11.1 Å². The summed E-state index contributed by atoms with van der Waals surface area (Å²) in [6.45, 7) is 0. The predicted octanol–water partition coefficient (Wildman–Crippen LogP) is 3.33. The summed E-state index contributed by atoms with van der Waals surface area (Å²) in [4.78, 5) is 16.1. The number of hydrogen-bond acceptors (Lipinski definition) is 3. The molecule has 5 nitrogen and oxygen atoms in total. The number of para-hydroxylation sites is 1. The third-order valence-electron chi connectivity index (χ3n) is 3.78. The normalized spacial score (nSPS) is 11.0. The molecular formula is C18H14N4O. The zero-order valence-corrected chi connectivity index (χ0v) is 12.2. The number of nitrogens with two attached hydrogens (primary N) is 1. The summed E-state index contributed by atoms with van der Waals surface area (Å²) in [5, 5.41) is 3.33. The maximum Gasteiger partial charge on any atom is 0.248 e. The van der Waals surface area contributed by atoms with Crippen LogP contribution >= 0.6 is 0 Å². The van der Waals surface area contributed by atoms with E-state index in [9.17, 15) is 4.79 Å². The first-order valence-electron chi connectivity index (χ1n) is 7.25. The second-order valence-electron chi connectivity index (χ2n) is 5.28. The fraction of sp³-hybridized carbons (Fsp3) is 0. The molecule has 0 aliphatic rings. The number of hydrogen-bond donors (Lipinski definition) is 2. The third-order valence-corrected chi connectivity index (χ3v) is 3.78. The minimum atomic E-state index is -0.459. The highest BCUT2D eigenvalue weighted by molar-refractivity contribution is 5.97. The molecule has 3 N–H and O–H groups in total. The van der Waals surface area contributed by atoms with Crippen molar-refractivity contribution < 1.29 is 4.79 Å². The average Bonchev–Trinajstić information content (AvgIpc) is 3.05. The summed E-state index contributed by atoms with van der Waals surface area (Å²) < 4.78 is 2.04. The first-order chi connectivity index (χ1) is 11.2. The van der Waals surface area contributed by atoms with Crippen molar-refractivity contribution in [3.05, 3.63) is 72.4 Å². The number of amides is 1. The van der Waals surface area contributed by atoms with E-state index in [0.717, 1.165) is 22.5 Å². The maximum absolute atomic E-state index is 11.4. The van der Waals surface area contributed by atoms with Crippen LogP contribution in [0.2, 0.25) is 0 Å². The van der Waals surface area contributed by atoms with E-state index >= 15 is 0 Å². The van der Waals surface area contributed by atoms with Crippen LogP contribution in [0.1, 0.15) is 10.4 Å². The number of nitrogens with zero attached hydrogens (tertiary/aromatic N) is 2. The van der Waals surface area contributed by atoms with Crippen LogP contribution in [0, 0.1) is 0 Å². The van der Waals surface area contributed by atoms with E-state index in [4.69, 9.17) is 5.73 Å². The number of fused-ring (bicyclic) bond motifs is 3. The van der Waals surface area contributed by atoms with Gasteiger partial charge in [0.25, 0.3) is 0 Å². The molecule has 112 valence electrons. The molecule has 2 aromatic heterocycles. The van der Waals surface area contributed by atoms with Crippen LogP contribution in [-0.4, -0.2) is 15.3 Å². The van der Waals surface area contributed by atoms with E-state index in [1.54, 1.807) is 12.1 Å². The number of carbonyl (C=O) groups is 1. The van der Waals surface area contributed by atoms with Crippen molar-refractivity contribution in [1.29, 1.82) is 0 Å². The van der Waals surface area contributed by atoms with Gasteiger partial charge in [-0.3, -0.25) is 4.79 Å². The lowest BCUT2D eigenvalue weighted by Crippen LogP contribution is -2.11. The van der Waals surface area contributed by atoms with Gasteiger partial charge < -0.3 is 15.5 Å². The molecular weight excluding hydrogens is 288 g/mol. The monoisotopic (exact) mass is 302 g/mol. The Balaban J connectivity index is 1.94. The van der Waals surface area contributed by atoms with Crippen molar-refractivity contribution in [3.8, 4) is 0 Å². The number of aromatic nitrogens is 2.